The molecule has 3 aromatic carbocycles. The van der Waals surface area contributed by atoms with E-state index in [-0.39, 0.29) is 5.91 Å². The molecule has 0 radical (unpaired) electrons. The summed E-state index contributed by atoms with van der Waals surface area (Å²) in [6, 6.07) is 25.3. The van der Waals surface area contributed by atoms with E-state index >= 15 is 0 Å². The van der Waals surface area contributed by atoms with Gasteiger partial charge in [0, 0.05) is 14.6 Å². The average Bonchev–Trinajstić information content (AvgIpc) is 3.26. The fourth-order valence-electron chi connectivity index (χ4n) is 3.39. The van der Waals surface area contributed by atoms with E-state index in [1.165, 1.54) is 11.3 Å². The van der Waals surface area contributed by atoms with E-state index in [0.717, 1.165) is 30.7 Å². The molecule has 30 heavy (non-hydrogen) atoms. The summed E-state index contributed by atoms with van der Waals surface area (Å²) < 4.78 is 1.94. The van der Waals surface area contributed by atoms with E-state index in [1.807, 2.05) is 84.9 Å². The topological polar surface area (TPSA) is 32.7 Å². The molecule has 1 aromatic heterocycles. The van der Waals surface area contributed by atoms with Crippen LogP contribution in [0.4, 0.5) is 5.69 Å². The maximum Gasteiger partial charge on any atom is 0.282 e. The van der Waals surface area contributed by atoms with Gasteiger partial charge in [0.25, 0.3) is 5.91 Å². The minimum Gasteiger partial charge on any atom is -0.266 e. The number of rotatable bonds is 3. The molecular formula is C24H14BrClN2OS. The summed E-state index contributed by atoms with van der Waals surface area (Å²) in [5.74, 6) is 0.368. The van der Waals surface area contributed by atoms with E-state index in [4.69, 9.17) is 16.6 Å². The predicted molar refractivity (Wildman–Crippen MR) is 129 cm³/mol. The van der Waals surface area contributed by atoms with Crippen LogP contribution in [0.2, 0.25) is 5.02 Å². The summed E-state index contributed by atoms with van der Waals surface area (Å²) in [5.41, 5.74) is 2.03. The second-order valence-corrected chi connectivity index (χ2v) is 9.08. The molecule has 3 nitrogen and oxygen atoms in total. The van der Waals surface area contributed by atoms with E-state index in [2.05, 4.69) is 15.9 Å². The van der Waals surface area contributed by atoms with E-state index < -0.39 is 0 Å². The lowest BCUT2D eigenvalue weighted by atomic mass is 10.2. The maximum atomic E-state index is 13.4. The molecule has 0 atom stereocenters. The lowest BCUT2D eigenvalue weighted by molar-refractivity contribution is -0.113. The highest BCUT2D eigenvalue weighted by Crippen LogP contribution is 2.39. The Morgan fingerprint density at radius 3 is 2.50 bits per heavy atom. The first-order chi connectivity index (χ1) is 14.6. The minimum atomic E-state index is -0.180. The monoisotopic (exact) mass is 492 g/mol. The van der Waals surface area contributed by atoms with Crippen LogP contribution in [-0.2, 0) is 4.79 Å². The fraction of sp³-hybridized carbons (Fsp3) is 0. The zero-order valence-electron chi connectivity index (χ0n) is 15.5. The summed E-state index contributed by atoms with van der Waals surface area (Å²) in [5, 5.41) is 1.58. The van der Waals surface area contributed by atoms with Crippen LogP contribution in [0.15, 0.2) is 94.0 Å². The summed E-state index contributed by atoms with van der Waals surface area (Å²) >= 11 is 11.8. The van der Waals surface area contributed by atoms with Crippen LogP contribution in [0.25, 0.3) is 16.2 Å². The number of fused-ring (bicyclic) bond motifs is 1. The molecular weight excluding hydrogens is 480 g/mol. The number of carbonyl (C=O) groups excluding carboxylic acids is 1. The normalized spacial score (nSPS) is 15.3. The molecule has 5 rings (SSSR count). The zero-order chi connectivity index (χ0) is 20.7. The molecule has 0 saturated carbocycles. The van der Waals surface area contributed by atoms with E-state index in [1.54, 1.807) is 4.90 Å². The smallest absolute Gasteiger partial charge is 0.266 e. The SMILES string of the molecule is O=C1/C(=C\c2ccccc2)N=C(c2sc3ccccc3c2Cl)N1c1cccc(Br)c1. The summed E-state index contributed by atoms with van der Waals surface area (Å²) in [6.45, 7) is 0. The summed E-state index contributed by atoms with van der Waals surface area (Å²) in [4.78, 5) is 20.6. The van der Waals surface area contributed by atoms with Gasteiger partial charge in [-0.15, -0.1) is 11.3 Å². The van der Waals surface area contributed by atoms with Crippen LogP contribution in [0, 0.1) is 0 Å². The number of carbonyl (C=O) groups is 1. The second-order valence-electron chi connectivity index (χ2n) is 6.74. The molecule has 0 N–H and O–H groups in total. The maximum absolute atomic E-state index is 13.4. The number of amidine groups is 1. The van der Waals surface area contributed by atoms with Crippen molar-refractivity contribution < 1.29 is 4.79 Å². The third kappa shape index (κ3) is 3.39. The summed E-state index contributed by atoms with van der Waals surface area (Å²) in [6.07, 6.45) is 1.81. The van der Waals surface area contributed by atoms with Crippen molar-refractivity contribution in [2.45, 2.75) is 0 Å². The van der Waals surface area contributed by atoms with Crippen molar-refractivity contribution in [3.05, 3.63) is 104 Å². The Labute approximate surface area is 191 Å². The Morgan fingerprint density at radius 1 is 0.967 bits per heavy atom. The van der Waals surface area contributed by atoms with Gasteiger partial charge in [-0.2, -0.15) is 0 Å². The van der Waals surface area contributed by atoms with Crippen molar-refractivity contribution in [2.75, 3.05) is 4.90 Å². The molecule has 1 aliphatic rings. The quantitative estimate of drug-likeness (QED) is 0.279. The Bertz CT molecular complexity index is 1340. The van der Waals surface area contributed by atoms with Gasteiger partial charge in [0.05, 0.1) is 15.6 Å². The first-order valence-electron chi connectivity index (χ1n) is 9.25. The number of anilines is 1. The van der Waals surface area contributed by atoms with Crippen molar-refractivity contribution in [3.63, 3.8) is 0 Å². The van der Waals surface area contributed by atoms with E-state index in [0.29, 0.717) is 16.6 Å². The van der Waals surface area contributed by atoms with Gasteiger partial charge in [-0.1, -0.05) is 82.1 Å². The van der Waals surface area contributed by atoms with Gasteiger partial charge in [0.1, 0.15) is 5.70 Å². The number of halogens is 2. The number of thiophene rings is 1. The van der Waals surface area contributed by atoms with Crippen molar-refractivity contribution >= 4 is 72.5 Å². The van der Waals surface area contributed by atoms with Crippen molar-refractivity contribution in [1.29, 1.82) is 0 Å². The molecule has 2 heterocycles. The molecule has 1 aliphatic heterocycles. The highest BCUT2D eigenvalue weighted by Gasteiger charge is 2.35. The number of hydrogen-bond donors (Lipinski definition) is 0. The van der Waals surface area contributed by atoms with Gasteiger partial charge < -0.3 is 0 Å². The zero-order valence-corrected chi connectivity index (χ0v) is 18.7. The largest absolute Gasteiger partial charge is 0.282 e. The number of aliphatic imine (C=N–C) groups is 1. The van der Waals surface area contributed by atoms with E-state index in [9.17, 15) is 4.79 Å². The first-order valence-corrected chi connectivity index (χ1v) is 11.2. The molecule has 0 saturated heterocycles. The van der Waals surface area contributed by atoms with Crippen molar-refractivity contribution in [1.82, 2.24) is 0 Å². The number of nitrogens with zero attached hydrogens (tertiary/aromatic N) is 2. The number of amides is 1. The van der Waals surface area contributed by atoms with Crippen LogP contribution in [0.5, 0.6) is 0 Å². The average molecular weight is 494 g/mol. The Kier molecular flexibility index (Phi) is 5.03. The van der Waals surface area contributed by atoms with Crippen LogP contribution in [0.1, 0.15) is 10.4 Å². The van der Waals surface area contributed by atoms with Crippen LogP contribution >= 0.6 is 38.9 Å². The number of benzene rings is 3. The molecule has 0 unspecified atom stereocenters. The lowest BCUT2D eigenvalue weighted by Gasteiger charge is -2.18. The molecule has 4 aromatic rings. The van der Waals surface area contributed by atoms with Gasteiger partial charge in [-0.3, -0.25) is 9.69 Å². The molecule has 0 spiro atoms. The second kappa shape index (κ2) is 7.84. The van der Waals surface area contributed by atoms with Gasteiger partial charge in [-0.05, 0) is 35.9 Å². The molecule has 0 aliphatic carbocycles. The van der Waals surface area contributed by atoms with Crippen LogP contribution in [0.3, 0.4) is 0 Å². The molecule has 6 heteroatoms. The first kappa shape index (κ1) is 19.2. The van der Waals surface area contributed by atoms with Gasteiger partial charge in [0.15, 0.2) is 5.84 Å². The Balaban J connectivity index is 1.70. The molecule has 146 valence electrons. The van der Waals surface area contributed by atoms with Crippen molar-refractivity contribution in [2.24, 2.45) is 4.99 Å². The molecule has 0 bridgehead atoms. The fourth-order valence-corrected chi connectivity index (χ4v) is 5.27. The Morgan fingerprint density at radius 2 is 1.73 bits per heavy atom. The van der Waals surface area contributed by atoms with Crippen molar-refractivity contribution in [3.8, 4) is 0 Å². The molecule has 0 fully saturated rings. The van der Waals surface area contributed by atoms with Crippen LogP contribution < -0.4 is 4.90 Å². The number of hydrogen-bond acceptors (Lipinski definition) is 3. The highest BCUT2D eigenvalue weighted by atomic mass is 79.9. The predicted octanol–water partition coefficient (Wildman–Crippen LogP) is 7.15. The minimum absolute atomic E-state index is 0.180. The standard InChI is InChI=1S/C24H14BrClN2OS/c25-16-9-6-10-17(14-16)28-23(22-21(26)18-11-4-5-12-20(18)30-22)27-19(24(28)29)13-15-7-2-1-3-8-15/h1-14H/b19-13+. The molecule has 1 amide bonds. The van der Waals surface area contributed by atoms with Gasteiger partial charge in [0.2, 0.25) is 0 Å². The Hall–Kier alpha value is -2.73. The van der Waals surface area contributed by atoms with Gasteiger partial charge in [-0.25, -0.2) is 4.99 Å². The highest BCUT2D eigenvalue weighted by molar-refractivity contribution is 9.10. The summed E-state index contributed by atoms with van der Waals surface area (Å²) in [7, 11) is 0. The third-order valence-corrected chi connectivity index (χ3v) is 6.93. The third-order valence-electron chi connectivity index (χ3n) is 4.77. The van der Waals surface area contributed by atoms with Crippen LogP contribution in [-0.4, -0.2) is 11.7 Å². The van der Waals surface area contributed by atoms with Gasteiger partial charge >= 0.3 is 0 Å². The lowest BCUT2D eigenvalue weighted by Crippen LogP contribution is -2.32.